The average molecular weight is 250 g/mol. The molecule has 0 radical (unpaired) electrons. The Kier molecular flexibility index (Phi) is 3.66. The number of nitrogens with one attached hydrogen (secondary N) is 1. The van der Waals surface area contributed by atoms with Crippen molar-refractivity contribution in [2.75, 3.05) is 0 Å². The number of rotatable bonds is 4. The number of hydrogen-bond donors (Lipinski definition) is 2. The lowest BCUT2D eigenvalue weighted by Crippen LogP contribution is -2.50. The van der Waals surface area contributed by atoms with Gasteiger partial charge in [0.1, 0.15) is 5.82 Å². The summed E-state index contributed by atoms with van der Waals surface area (Å²) >= 11 is 0. The van der Waals surface area contributed by atoms with Crippen LogP contribution < -0.4 is 11.1 Å². The van der Waals surface area contributed by atoms with Crippen LogP contribution in [0.5, 0.6) is 0 Å². The molecule has 1 unspecified atom stereocenters. The molecule has 0 bridgehead atoms. The Morgan fingerprint density at radius 2 is 2.28 bits per heavy atom. The first-order valence-electron chi connectivity index (χ1n) is 6.32. The van der Waals surface area contributed by atoms with E-state index in [2.05, 4.69) is 5.32 Å². The van der Waals surface area contributed by atoms with E-state index < -0.39 is 0 Å². The first-order valence-corrected chi connectivity index (χ1v) is 6.32. The second kappa shape index (κ2) is 5.06. The zero-order valence-corrected chi connectivity index (χ0v) is 10.6. The number of carbonyl (C=O) groups excluding carboxylic acids is 1. The molecule has 1 atom stereocenters. The third-order valence-corrected chi connectivity index (χ3v) is 3.59. The molecule has 1 amide bonds. The monoisotopic (exact) mass is 250 g/mol. The Bertz CT molecular complexity index is 443. The topological polar surface area (TPSA) is 55.1 Å². The molecule has 3 N–H and O–H groups in total. The number of hydrogen-bond acceptors (Lipinski definition) is 2. The second-order valence-corrected chi connectivity index (χ2v) is 5.24. The van der Waals surface area contributed by atoms with E-state index in [-0.39, 0.29) is 23.3 Å². The summed E-state index contributed by atoms with van der Waals surface area (Å²) < 4.78 is 13.1. The Hall–Kier alpha value is -1.42. The number of benzene rings is 1. The molecule has 1 aliphatic rings. The Morgan fingerprint density at radius 1 is 1.56 bits per heavy atom. The molecular weight excluding hydrogens is 231 g/mol. The van der Waals surface area contributed by atoms with Gasteiger partial charge in [0.05, 0.1) is 6.04 Å². The third kappa shape index (κ3) is 3.07. The van der Waals surface area contributed by atoms with Crippen LogP contribution >= 0.6 is 0 Å². The van der Waals surface area contributed by atoms with Crippen molar-refractivity contribution in [3.05, 3.63) is 35.6 Å². The van der Waals surface area contributed by atoms with Crippen LogP contribution in [0.2, 0.25) is 0 Å². The highest BCUT2D eigenvalue weighted by molar-refractivity contribution is 5.77. The third-order valence-electron chi connectivity index (χ3n) is 3.59. The quantitative estimate of drug-likeness (QED) is 0.861. The van der Waals surface area contributed by atoms with Crippen LogP contribution in [0.25, 0.3) is 0 Å². The molecule has 1 fully saturated rings. The number of halogens is 1. The van der Waals surface area contributed by atoms with Gasteiger partial charge in [-0.2, -0.15) is 0 Å². The number of amides is 1. The van der Waals surface area contributed by atoms with Gasteiger partial charge in [-0.15, -0.1) is 0 Å². The minimum atomic E-state index is -0.314. The van der Waals surface area contributed by atoms with Crippen molar-refractivity contribution in [1.29, 1.82) is 0 Å². The van der Waals surface area contributed by atoms with Crippen LogP contribution in [0.15, 0.2) is 24.3 Å². The van der Waals surface area contributed by atoms with Crippen LogP contribution in [0.4, 0.5) is 4.39 Å². The maximum absolute atomic E-state index is 13.1. The highest BCUT2D eigenvalue weighted by Gasteiger charge is 2.34. The molecule has 0 spiro atoms. The molecule has 1 aromatic rings. The predicted octanol–water partition coefficient (Wildman–Crippen LogP) is 2.27. The van der Waals surface area contributed by atoms with E-state index in [0.717, 1.165) is 24.8 Å². The van der Waals surface area contributed by atoms with Crippen molar-refractivity contribution in [2.45, 2.75) is 44.2 Å². The van der Waals surface area contributed by atoms with Gasteiger partial charge < -0.3 is 11.1 Å². The standard InChI is InChI=1S/C14H19FN2O/c1-10(11-4-2-5-12(15)8-11)17-13(18)9-14(16)6-3-7-14/h2,4-5,8,10H,3,6-7,9,16H2,1H3,(H,17,18). The summed E-state index contributed by atoms with van der Waals surface area (Å²) in [6, 6.07) is 6.07. The largest absolute Gasteiger partial charge is 0.350 e. The Morgan fingerprint density at radius 3 is 2.83 bits per heavy atom. The smallest absolute Gasteiger partial charge is 0.222 e. The normalized spacial score (nSPS) is 18.8. The fraction of sp³-hybridized carbons (Fsp3) is 0.500. The highest BCUT2D eigenvalue weighted by atomic mass is 19.1. The zero-order valence-electron chi connectivity index (χ0n) is 10.6. The van der Waals surface area contributed by atoms with Gasteiger partial charge in [-0.25, -0.2) is 4.39 Å². The van der Waals surface area contributed by atoms with E-state index >= 15 is 0 Å². The van der Waals surface area contributed by atoms with Crippen molar-refractivity contribution in [3.63, 3.8) is 0 Å². The summed E-state index contributed by atoms with van der Waals surface area (Å²) in [6.07, 6.45) is 3.28. The van der Waals surface area contributed by atoms with Crippen molar-refractivity contribution in [1.82, 2.24) is 5.32 Å². The van der Waals surface area contributed by atoms with E-state index in [4.69, 9.17) is 5.73 Å². The molecule has 0 heterocycles. The summed E-state index contributed by atoms with van der Waals surface area (Å²) in [6.45, 7) is 1.84. The summed E-state index contributed by atoms with van der Waals surface area (Å²) in [5, 5.41) is 2.86. The Labute approximate surface area is 107 Å². The van der Waals surface area contributed by atoms with Crippen LogP contribution in [-0.2, 0) is 4.79 Å². The molecule has 1 aliphatic carbocycles. The fourth-order valence-corrected chi connectivity index (χ4v) is 2.28. The van der Waals surface area contributed by atoms with Crippen LogP contribution in [0.3, 0.4) is 0 Å². The van der Waals surface area contributed by atoms with E-state index in [1.165, 1.54) is 12.1 Å². The van der Waals surface area contributed by atoms with Crippen molar-refractivity contribution in [3.8, 4) is 0 Å². The minimum absolute atomic E-state index is 0.0611. The van der Waals surface area contributed by atoms with Gasteiger partial charge in [-0.1, -0.05) is 12.1 Å². The molecule has 1 saturated carbocycles. The summed E-state index contributed by atoms with van der Waals surface area (Å²) in [5.74, 6) is -0.350. The van der Waals surface area contributed by atoms with Crippen LogP contribution in [-0.4, -0.2) is 11.4 Å². The van der Waals surface area contributed by atoms with Crippen LogP contribution in [0, 0.1) is 5.82 Å². The maximum Gasteiger partial charge on any atom is 0.222 e. The lowest BCUT2D eigenvalue weighted by atomic mass is 9.75. The predicted molar refractivity (Wildman–Crippen MR) is 68.3 cm³/mol. The SMILES string of the molecule is CC(NC(=O)CC1(N)CCC1)c1cccc(F)c1. The van der Waals surface area contributed by atoms with Gasteiger partial charge in [-0.3, -0.25) is 4.79 Å². The summed E-state index contributed by atoms with van der Waals surface area (Å²) in [4.78, 5) is 11.8. The second-order valence-electron chi connectivity index (χ2n) is 5.24. The maximum atomic E-state index is 13.1. The lowest BCUT2D eigenvalue weighted by Gasteiger charge is -2.37. The van der Waals surface area contributed by atoms with E-state index in [9.17, 15) is 9.18 Å². The molecule has 0 aromatic heterocycles. The molecule has 3 nitrogen and oxygen atoms in total. The van der Waals surface area contributed by atoms with Gasteiger partial charge in [-0.05, 0) is 43.9 Å². The van der Waals surface area contributed by atoms with E-state index in [1.807, 2.05) is 6.92 Å². The van der Waals surface area contributed by atoms with Crippen molar-refractivity contribution in [2.24, 2.45) is 5.73 Å². The summed E-state index contributed by atoms with van der Waals surface area (Å²) in [5.41, 5.74) is 6.47. The van der Waals surface area contributed by atoms with Crippen molar-refractivity contribution < 1.29 is 9.18 Å². The lowest BCUT2D eigenvalue weighted by molar-refractivity contribution is -0.123. The number of carbonyl (C=O) groups is 1. The molecule has 18 heavy (non-hydrogen) atoms. The van der Waals surface area contributed by atoms with Gasteiger partial charge in [0.2, 0.25) is 5.91 Å². The minimum Gasteiger partial charge on any atom is -0.350 e. The van der Waals surface area contributed by atoms with Crippen LogP contribution in [0.1, 0.15) is 44.2 Å². The molecular formula is C14H19FN2O. The first-order chi connectivity index (χ1) is 8.48. The van der Waals surface area contributed by atoms with Gasteiger partial charge in [0, 0.05) is 12.0 Å². The van der Waals surface area contributed by atoms with E-state index in [1.54, 1.807) is 12.1 Å². The highest BCUT2D eigenvalue weighted by Crippen LogP contribution is 2.32. The van der Waals surface area contributed by atoms with Crippen molar-refractivity contribution >= 4 is 5.91 Å². The summed E-state index contributed by atoms with van der Waals surface area (Å²) in [7, 11) is 0. The molecule has 0 aliphatic heterocycles. The van der Waals surface area contributed by atoms with Gasteiger partial charge in [0.25, 0.3) is 0 Å². The molecule has 1 aromatic carbocycles. The molecule has 0 saturated heterocycles. The van der Waals surface area contributed by atoms with E-state index in [0.29, 0.717) is 6.42 Å². The molecule has 4 heteroatoms. The van der Waals surface area contributed by atoms with Gasteiger partial charge in [0.15, 0.2) is 0 Å². The molecule has 98 valence electrons. The first kappa shape index (κ1) is 13.0. The van der Waals surface area contributed by atoms with Gasteiger partial charge >= 0.3 is 0 Å². The average Bonchev–Trinajstić information content (AvgIpc) is 2.26. The number of nitrogens with two attached hydrogens (primary N) is 1. The fourth-order valence-electron chi connectivity index (χ4n) is 2.28. The molecule has 2 rings (SSSR count). The Balaban J connectivity index is 1.90. The zero-order chi connectivity index (χ0) is 13.2.